The number of carboxylic acids is 1. The lowest BCUT2D eigenvalue weighted by Crippen LogP contribution is -2.35. The number of non-ortho nitro benzene ring substituents is 1. The van der Waals surface area contributed by atoms with Crippen LogP contribution in [0.3, 0.4) is 0 Å². The number of aliphatic hydroxyl groups is 1. The highest BCUT2D eigenvalue weighted by molar-refractivity contribution is 5.92. The molecule has 0 bridgehead atoms. The summed E-state index contributed by atoms with van der Waals surface area (Å²) in [6.07, 6.45) is 0.883. The van der Waals surface area contributed by atoms with Gasteiger partial charge in [-0.1, -0.05) is 0 Å². The fourth-order valence-corrected chi connectivity index (χ4v) is 1.22. The van der Waals surface area contributed by atoms with Gasteiger partial charge in [0, 0.05) is 18.2 Å². The number of nitro benzene ring substituents is 1. The van der Waals surface area contributed by atoms with Crippen molar-refractivity contribution in [2.45, 2.75) is 6.10 Å². The van der Waals surface area contributed by atoms with Crippen LogP contribution in [0.2, 0.25) is 0 Å². The number of aliphatic hydroxyl groups excluding tert-OH is 1. The molecule has 0 spiro atoms. The minimum atomic E-state index is -1.66. The first-order valence-corrected chi connectivity index (χ1v) is 5.51. The van der Waals surface area contributed by atoms with Crippen molar-refractivity contribution in [3.63, 3.8) is 0 Å². The van der Waals surface area contributed by atoms with E-state index in [0.717, 1.165) is 6.08 Å². The van der Waals surface area contributed by atoms with Crippen LogP contribution in [0, 0.1) is 10.1 Å². The van der Waals surface area contributed by atoms with Gasteiger partial charge in [0.1, 0.15) is 0 Å². The Labute approximate surface area is 113 Å². The van der Waals surface area contributed by atoms with Gasteiger partial charge in [0.15, 0.2) is 6.10 Å². The van der Waals surface area contributed by atoms with Crippen LogP contribution in [0.4, 0.5) is 5.69 Å². The number of nitrogens with one attached hydrogen (secondary N) is 1. The molecule has 0 aliphatic heterocycles. The van der Waals surface area contributed by atoms with Crippen molar-refractivity contribution in [3.05, 3.63) is 46.0 Å². The normalized spacial score (nSPS) is 12.1. The molecule has 8 heteroatoms. The molecule has 1 amide bonds. The molecule has 0 heterocycles. The summed E-state index contributed by atoms with van der Waals surface area (Å²) in [5.41, 5.74) is 0.515. The molecule has 20 heavy (non-hydrogen) atoms. The summed E-state index contributed by atoms with van der Waals surface area (Å²) in [4.78, 5) is 31.5. The molecule has 0 unspecified atom stereocenters. The number of carbonyl (C=O) groups is 2. The van der Waals surface area contributed by atoms with E-state index in [2.05, 4.69) is 5.32 Å². The summed E-state index contributed by atoms with van der Waals surface area (Å²) in [5, 5.41) is 30.0. The van der Waals surface area contributed by atoms with E-state index in [1.165, 1.54) is 30.3 Å². The molecule has 0 saturated carbocycles. The van der Waals surface area contributed by atoms with Crippen molar-refractivity contribution in [2.75, 3.05) is 6.54 Å². The molecule has 0 aromatic heterocycles. The lowest BCUT2D eigenvalue weighted by molar-refractivity contribution is -0.384. The zero-order valence-electron chi connectivity index (χ0n) is 10.2. The topological polar surface area (TPSA) is 130 Å². The Hall–Kier alpha value is -2.74. The highest BCUT2D eigenvalue weighted by atomic mass is 16.6. The molecule has 1 rings (SSSR count). The van der Waals surface area contributed by atoms with Crippen molar-refractivity contribution >= 4 is 23.6 Å². The second-order valence-electron chi connectivity index (χ2n) is 3.78. The Kier molecular flexibility index (Phi) is 5.36. The van der Waals surface area contributed by atoms with Crippen molar-refractivity contribution in [1.29, 1.82) is 0 Å². The fourth-order valence-electron chi connectivity index (χ4n) is 1.22. The van der Waals surface area contributed by atoms with Crippen LogP contribution in [0.25, 0.3) is 6.08 Å². The number of carbonyl (C=O) groups excluding carboxylic acids is 1. The molecular formula is C12H12N2O6. The van der Waals surface area contributed by atoms with Crippen LogP contribution in [-0.2, 0) is 9.59 Å². The maximum atomic E-state index is 11.3. The first kappa shape index (κ1) is 15.3. The van der Waals surface area contributed by atoms with Gasteiger partial charge in [-0.05, 0) is 23.8 Å². The van der Waals surface area contributed by atoms with Gasteiger partial charge in [0.05, 0.1) is 11.5 Å². The number of benzene rings is 1. The summed E-state index contributed by atoms with van der Waals surface area (Å²) in [6, 6.07) is 5.53. The molecule has 0 aliphatic carbocycles. The summed E-state index contributed by atoms with van der Waals surface area (Å²) < 4.78 is 0. The average molecular weight is 280 g/mol. The zero-order chi connectivity index (χ0) is 15.1. The maximum Gasteiger partial charge on any atom is 0.334 e. The fraction of sp³-hybridized carbons (Fsp3) is 0.167. The Morgan fingerprint density at radius 2 is 1.95 bits per heavy atom. The third-order valence-electron chi connectivity index (χ3n) is 2.29. The third-order valence-corrected chi connectivity index (χ3v) is 2.29. The highest BCUT2D eigenvalue weighted by Gasteiger charge is 2.12. The van der Waals surface area contributed by atoms with Crippen molar-refractivity contribution in [1.82, 2.24) is 5.32 Å². The maximum absolute atomic E-state index is 11.3. The van der Waals surface area contributed by atoms with E-state index in [1.807, 2.05) is 0 Å². The standard InChI is InChI=1S/C12H12N2O6/c15-10(12(17)18)7-13-11(16)6-3-8-1-4-9(5-2-8)14(19)20/h1-6,10,15H,7H2,(H,13,16)(H,17,18)/b6-3+/t10-/m0/s1. The number of rotatable bonds is 6. The van der Waals surface area contributed by atoms with Crippen molar-refractivity contribution in [2.24, 2.45) is 0 Å². The van der Waals surface area contributed by atoms with Gasteiger partial charge in [-0.15, -0.1) is 0 Å². The number of hydrogen-bond acceptors (Lipinski definition) is 5. The van der Waals surface area contributed by atoms with Crippen LogP contribution in [-0.4, -0.2) is 39.7 Å². The van der Waals surface area contributed by atoms with E-state index in [1.54, 1.807) is 0 Å². The van der Waals surface area contributed by atoms with Crippen LogP contribution in [0.1, 0.15) is 5.56 Å². The molecule has 3 N–H and O–H groups in total. The zero-order valence-corrected chi connectivity index (χ0v) is 10.2. The van der Waals surface area contributed by atoms with Gasteiger partial charge < -0.3 is 15.5 Å². The Morgan fingerprint density at radius 3 is 2.45 bits per heavy atom. The van der Waals surface area contributed by atoms with Gasteiger partial charge in [0.2, 0.25) is 5.91 Å². The molecule has 8 nitrogen and oxygen atoms in total. The van der Waals surface area contributed by atoms with E-state index < -0.39 is 29.4 Å². The lowest BCUT2D eigenvalue weighted by Gasteiger charge is -2.05. The predicted molar refractivity (Wildman–Crippen MR) is 68.8 cm³/mol. The number of aliphatic carboxylic acids is 1. The van der Waals surface area contributed by atoms with E-state index in [0.29, 0.717) is 5.56 Å². The van der Waals surface area contributed by atoms with Crippen molar-refractivity contribution in [3.8, 4) is 0 Å². The highest BCUT2D eigenvalue weighted by Crippen LogP contribution is 2.12. The number of nitrogens with zero attached hydrogens (tertiary/aromatic N) is 1. The largest absolute Gasteiger partial charge is 0.479 e. The monoisotopic (exact) mass is 280 g/mol. The summed E-state index contributed by atoms with van der Waals surface area (Å²) in [7, 11) is 0. The number of hydrogen-bond donors (Lipinski definition) is 3. The summed E-state index contributed by atoms with van der Waals surface area (Å²) >= 11 is 0. The molecule has 0 saturated heterocycles. The first-order chi connectivity index (χ1) is 9.40. The molecule has 1 aromatic rings. The van der Waals surface area contributed by atoms with Crippen LogP contribution in [0.5, 0.6) is 0 Å². The van der Waals surface area contributed by atoms with Crippen LogP contribution < -0.4 is 5.32 Å². The van der Waals surface area contributed by atoms with E-state index in [-0.39, 0.29) is 5.69 Å². The summed E-state index contributed by atoms with van der Waals surface area (Å²) in [5.74, 6) is -2.01. The van der Waals surface area contributed by atoms with E-state index in [9.17, 15) is 19.7 Å². The Balaban J connectivity index is 2.53. The lowest BCUT2D eigenvalue weighted by atomic mass is 10.2. The van der Waals surface area contributed by atoms with Crippen LogP contribution in [0.15, 0.2) is 30.3 Å². The Bertz CT molecular complexity index is 537. The molecule has 0 fully saturated rings. The predicted octanol–water partition coefficient (Wildman–Crippen LogP) is 0.170. The molecule has 0 radical (unpaired) electrons. The molecule has 106 valence electrons. The molecule has 1 aromatic carbocycles. The summed E-state index contributed by atoms with van der Waals surface area (Å²) in [6.45, 7) is -0.404. The third kappa shape index (κ3) is 4.86. The minimum absolute atomic E-state index is 0.0591. The van der Waals surface area contributed by atoms with Gasteiger partial charge in [0.25, 0.3) is 5.69 Å². The van der Waals surface area contributed by atoms with Gasteiger partial charge in [-0.3, -0.25) is 14.9 Å². The molecule has 0 aliphatic rings. The quantitative estimate of drug-likeness (QED) is 0.387. The van der Waals surface area contributed by atoms with Gasteiger partial charge >= 0.3 is 5.97 Å². The minimum Gasteiger partial charge on any atom is -0.479 e. The van der Waals surface area contributed by atoms with Gasteiger partial charge in [-0.2, -0.15) is 0 Å². The molecule has 1 atom stereocenters. The van der Waals surface area contributed by atoms with Crippen LogP contribution >= 0.6 is 0 Å². The smallest absolute Gasteiger partial charge is 0.334 e. The number of amides is 1. The number of carboxylic acid groups (broad SMARTS) is 1. The number of nitro groups is 1. The second kappa shape index (κ2) is 7.00. The molecular weight excluding hydrogens is 268 g/mol. The Morgan fingerprint density at radius 1 is 1.35 bits per heavy atom. The SMILES string of the molecule is O=C(/C=C/c1ccc([N+](=O)[O-])cc1)NC[C@H](O)C(=O)O. The first-order valence-electron chi connectivity index (χ1n) is 5.51. The van der Waals surface area contributed by atoms with Crippen molar-refractivity contribution < 1.29 is 24.7 Å². The van der Waals surface area contributed by atoms with Gasteiger partial charge in [-0.25, -0.2) is 4.79 Å². The van der Waals surface area contributed by atoms with E-state index in [4.69, 9.17) is 10.2 Å². The average Bonchev–Trinajstić information content (AvgIpc) is 2.42. The second-order valence-corrected chi connectivity index (χ2v) is 3.78. The van der Waals surface area contributed by atoms with E-state index >= 15 is 0 Å².